The summed E-state index contributed by atoms with van der Waals surface area (Å²) in [5, 5.41) is 5.24. The first kappa shape index (κ1) is 36.4. The number of fused-ring (bicyclic) bond motifs is 3. The van der Waals surface area contributed by atoms with Gasteiger partial charge in [-0.15, -0.1) is 0 Å². The summed E-state index contributed by atoms with van der Waals surface area (Å²) in [5.41, 5.74) is 5.32. The number of likely N-dealkylation sites (N-methyl/N-ethyl adjacent to an activating group) is 1. The maximum Gasteiger partial charge on any atom is 0.246 e. The fourth-order valence-corrected chi connectivity index (χ4v) is 8.75. The lowest BCUT2D eigenvalue weighted by Crippen LogP contribution is -2.58. The minimum Gasteiger partial charge on any atom is -0.379 e. The topological polar surface area (TPSA) is 99.8 Å². The van der Waals surface area contributed by atoms with Crippen molar-refractivity contribution >= 4 is 38.9 Å². The van der Waals surface area contributed by atoms with Crippen LogP contribution in [0.5, 0.6) is 0 Å². The minimum atomic E-state index is -1.26. The second-order valence-electron chi connectivity index (χ2n) is 17.8. The largest absolute Gasteiger partial charge is 0.379 e. The van der Waals surface area contributed by atoms with Crippen LogP contribution < -0.4 is 4.90 Å². The van der Waals surface area contributed by atoms with E-state index < -0.39 is 21.7 Å². The highest BCUT2D eigenvalue weighted by atomic mass is 28.3. The summed E-state index contributed by atoms with van der Waals surface area (Å²) in [6, 6.07) is 4.19. The number of hydrogen-bond donors (Lipinski definition) is 0. The fraction of sp³-hybridized carbons (Fsp3) is 0.722. The molecule has 3 aromatic rings. The third-order valence-corrected chi connectivity index (χ3v) is 14.4. The lowest BCUT2D eigenvalue weighted by molar-refractivity contribution is -0.131. The average Bonchev–Trinajstić information content (AvgIpc) is 3.40. The molecule has 2 atom stereocenters. The number of imidazole rings is 1. The Morgan fingerprint density at radius 1 is 1.06 bits per heavy atom. The molecule has 0 unspecified atom stereocenters. The quantitative estimate of drug-likeness (QED) is 0.146. The number of rotatable bonds is 14. The highest BCUT2D eigenvalue weighted by Gasteiger charge is 2.54. The van der Waals surface area contributed by atoms with E-state index in [1.165, 1.54) is 17.7 Å². The van der Waals surface area contributed by atoms with E-state index in [4.69, 9.17) is 29.3 Å². The lowest BCUT2D eigenvalue weighted by atomic mass is 9.87. The SMILES string of the molecule is CN(C(=O)C(C)(C)N1CCOCC1)c1cnc2c(c1)nc(-c1nn(COCC[Si](C)(C)C)c3c1C[C@@H]1C[C@]1(C)C3)n2COCC[Si](C)(C)C. The second-order valence-corrected chi connectivity index (χ2v) is 29.1. The number of carbonyl (C=O) groups is 1. The van der Waals surface area contributed by atoms with Gasteiger partial charge in [0.15, 0.2) is 11.5 Å². The summed E-state index contributed by atoms with van der Waals surface area (Å²) < 4.78 is 22.3. The standard InChI is InChI=1S/C36H59N7O4Si2/c1-35(2,41-11-13-45-14-12-41)34(44)40(4)27-20-29-32(37-23-27)42(24-46-15-17-48(5,6)7)33(38-29)31-28-19-26-21-36(26,3)22-30(28)43(39-31)25-47-16-18-49(8,9)10/h20,23,26H,11-19,21-22,24-25H2,1-10H3/t26-,36-/m1/s1. The van der Waals surface area contributed by atoms with Crippen molar-refractivity contribution in [3.8, 4) is 11.5 Å². The van der Waals surface area contributed by atoms with Gasteiger partial charge in [0.2, 0.25) is 5.91 Å². The van der Waals surface area contributed by atoms with Crippen molar-refractivity contribution in [3.05, 3.63) is 23.5 Å². The zero-order valence-electron chi connectivity index (χ0n) is 31.7. The van der Waals surface area contributed by atoms with Crippen LogP contribution in [0.3, 0.4) is 0 Å². The van der Waals surface area contributed by atoms with Crippen LogP contribution in [0, 0.1) is 11.3 Å². The first-order valence-corrected chi connectivity index (χ1v) is 25.6. The molecule has 1 aliphatic heterocycles. The summed E-state index contributed by atoms with van der Waals surface area (Å²) in [6.07, 6.45) is 5.05. The molecule has 0 spiro atoms. The van der Waals surface area contributed by atoms with E-state index >= 15 is 0 Å². The minimum absolute atomic E-state index is 0.0132. The van der Waals surface area contributed by atoms with Crippen LogP contribution in [-0.2, 0) is 45.3 Å². The number of nitrogens with zero attached hydrogens (tertiary/aromatic N) is 7. The van der Waals surface area contributed by atoms with Crippen LogP contribution in [0.15, 0.2) is 12.3 Å². The van der Waals surface area contributed by atoms with Gasteiger partial charge in [0.05, 0.1) is 30.6 Å². The van der Waals surface area contributed by atoms with Crippen molar-refractivity contribution in [3.63, 3.8) is 0 Å². The molecule has 0 radical (unpaired) electrons. The Morgan fingerprint density at radius 2 is 1.71 bits per heavy atom. The zero-order chi connectivity index (χ0) is 35.4. The number of morpholine rings is 1. The van der Waals surface area contributed by atoms with Crippen molar-refractivity contribution < 1.29 is 19.0 Å². The first-order valence-electron chi connectivity index (χ1n) is 18.2. The van der Waals surface area contributed by atoms with Gasteiger partial charge in [0.1, 0.15) is 24.7 Å². The number of aromatic nitrogens is 5. The molecular weight excluding hydrogens is 651 g/mol. The normalized spacial score (nSPS) is 21.6. The van der Waals surface area contributed by atoms with Gasteiger partial charge in [0, 0.05) is 60.8 Å². The number of ether oxygens (including phenoxy) is 3. The van der Waals surface area contributed by atoms with Gasteiger partial charge in [-0.2, -0.15) is 5.10 Å². The number of carbonyl (C=O) groups excluding carboxylic acids is 1. The lowest BCUT2D eigenvalue weighted by Gasteiger charge is -2.41. The van der Waals surface area contributed by atoms with Crippen molar-refractivity contribution in [2.75, 3.05) is 51.5 Å². The smallest absolute Gasteiger partial charge is 0.246 e. The van der Waals surface area contributed by atoms with Crippen molar-refractivity contribution in [1.29, 1.82) is 0 Å². The molecule has 0 aromatic carbocycles. The fourth-order valence-electron chi connectivity index (χ4n) is 7.24. The van der Waals surface area contributed by atoms with Crippen LogP contribution in [0.25, 0.3) is 22.7 Å². The number of pyridine rings is 1. The van der Waals surface area contributed by atoms with Gasteiger partial charge < -0.3 is 19.1 Å². The van der Waals surface area contributed by atoms with E-state index in [1.807, 2.05) is 27.0 Å². The maximum absolute atomic E-state index is 13.9. The van der Waals surface area contributed by atoms with Gasteiger partial charge in [-0.05, 0) is 62.6 Å². The highest BCUT2D eigenvalue weighted by molar-refractivity contribution is 6.76. The van der Waals surface area contributed by atoms with Crippen molar-refractivity contribution in [2.45, 2.75) is 110 Å². The Morgan fingerprint density at radius 3 is 2.37 bits per heavy atom. The predicted molar refractivity (Wildman–Crippen MR) is 200 cm³/mol. The number of amides is 1. The molecule has 3 aromatic heterocycles. The molecule has 49 heavy (non-hydrogen) atoms. The van der Waals surface area contributed by atoms with Gasteiger partial charge >= 0.3 is 0 Å². The third kappa shape index (κ3) is 7.91. The number of hydrogen-bond acceptors (Lipinski definition) is 8. The summed E-state index contributed by atoms with van der Waals surface area (Å²) >= 11 is 0. The molecule has 1 amide bonds. The molecule has 4 heterocycles. The average molecular weight is 710 g/mol. The van der Waals surface area contributed by atoms with Crippen LogP contribution in [0.4, 0.5) is 5.69 Å². The van der Waals surface area contributed by atoms with Gasteiger partial charge in [0.25, 0.3) is 0 Å². The molecule has 6 rings (SSSR count). The molecule has 270 valence electrons. The monoisotopic (exact) mass is 709 g/mol. The van der Waals surface area contributed by atoms with E-state index in [2.05, 4.69) is 60.4 Å². The van der Waals surface area contributed by atoms with E-state index in [-0.39, 0.29) is 5.91 Å². The van der Waals surface area contributed by atoms with E-state index in [0.717, 1.165) is 67.3 Å². The number of anilines is 1. The van der Waals surface area contributed by atoms with Crippen LogP contribution >= 0.6 is 0 Å². The van der Waals surface area contributed by atoms with Crippen molar-refractivity contribution in [2.24, 2.45) is 11.3 Å². The Kier molecular flexibility index (Phi) is 10.1. The van der Waals surface area contributed by atoms with Gasteiger partial charge in [-0.25, -0.2) is 14.6 Å². The molecular formula is C36H59N7O4Si2. The molecule has 0 bridgehead atoms. The second kappa shape index (κ2) is 13.6. The zero-order valence-corrected chi connectivity index (χ0v) is 33.7. The van der Waals surface area contributed by atoms with Crippen molar-refractivity contribution in [1.82, 2.24) is 29.2 Å². The third-order valence-electron chi connectivity index (χ3n) is 11.0. The van der Waals surface area contributed by atoms with E-state index in [0.29, 0.717) is 50.3 Å². The summed E-state index contributed by atoms with van der Waals surface area (Å²) in [4.78, 5) is 28.0. The molecule has 11 nitrogen and oxygen atoms in total. The van der Waals surface area contributed by atoms with Crippen LogP contribution in [-0.4, -0.2) is 103 Å². The molecule has 0 N–H and O–H groups in total. The van der Waals surface area contributed by atoms with Crippen LogP contribution in [0.2, 0.25) is 51.4 Å². The molecule has 2 aliphatic carbocycles. The summed E-state index contributed by atoms with van der Waals surface area (Å²) in [5.74, 6) is 1.46. The Hall–Kier alpha value is -2.43. The Labute approximate surface area is 294 Å². The molecule has 1 saturated heterocycles. The highest BCUT2D eigenvalue weighted by Crippen LogP contribution is 2.60. The van der Waals surface area contributed by atoms with E-state index in [1.54, 1.807) is 11.1 Å². The molecule has 2 fully saturated rings. The first-order chi connectivity index (χ1) is 23.0. The van der Waals surface area contributed by atoms with Gasteiger partial charge in [-0.1, -0.05) is 46.2 Å². The maximum atomic E-state index is 13.9. The van der Waals surface area contributed by atoms with Crippen LogP contribution in [0.1, 0.15) is 38.4 Å². The van der Waals surface area contributed by atoms with E-state index in [9.17, 15) is 4.79 Å². The van der Waals surface area contributed by atoms with Gasteiger partial charge in [-0.3, -0.25) is 14.3 Å². The Balaban J connectivity index is 1.35. The predicted octanol–water partition coefficient (Wildman–Crippen LogP) is 6.12. The summed E-state index contributed by atoms with van der Waals surface area (Å²) in [7, 11) is -0.634. The summed E-state index contributed by atoms with van der Waals surface area (Å²) in [6.45, 7) is 25.6. The Bertz CT molecular complexity index is 1670. The molecule has 3 aliphatic rings. The molecule has 1 saturated carbocycles. The molecule has 13 heteroatoms.